The topological polar surface area (TPSA) is 77.2 Å². The highest BCUT2D eigenvalue weighted by Gasteiger charge is 2.47. The summed E-state index contributed by atoms with van der Waals surface area (Å²) in [5.41, 5.74) is 9.20. The zero-order valence-corrected chi connectivity index (χ0v) is 17.6. The van der Waals surface area contributed by atoms with Crippen LogP contribution in [0.15, 0.2) is 53.7 Å². The Morgan fingerprint density at radius 1 is 1.24 bits per heavy atom. The molecule has 0 aromatic heterocycles. The summed E-state index contributed by atoms with van der Waals surface area (Å²) in [6.45, 7) is 2.21. The first-order chi connectivity index (χ1) is 13.9. The summed E-state index contributed by atoms with van der Waals surface area (Å²) in [5, 5.41) is 6.53. The smallest absolute Gasteiger partial charge is 0.241 e. The van der Waals surface area contributed by atoms with Gasteiger partial charge in [-0.1, -0.05) is 53.2 Å². The van der Waals surface area contributed by atoms with Crippen LogP contribution in [-0.4, -0.2) is 30.8 Å². The molecule has 7 heteroatoms. The summed E-state index contributed by atoms with van der Waals surface area (Å²) in [5.74, 6) is -0.499. The molecule has 0 heterocycles. The Hall–Kier alpha value is -2.41. The van der Waals surface area contributed by atoms with Crippen LogP contribution in [-0.2, 0) is 26.5 Å². The van der Waals surface area contributed by atoms with E-state index in [1.165, 1.54) is 17.7 Å². The molecule has 1 amide bonds. The van der Waals surface area contributed by atoms with E-state index in [9.17, 15) is 4.79 Å². The van der Waals surface area contributed by atoms with Crippen molar-refractivity contribution >= 4 is 23.2 Å². The largest absolute Gasteiger partial charge is 0.391 e. The number of hydroxylamine groups is 2. The van der Waals surface area contributed by atoms with E-state index in [0.717, 1.165) is 34.7 Å². The fourth-order valence-corrected chi connectivity index (χ4v) is 3.73. The Labute approximate surface area is 176 Å². The monoisotopic (exact) mass is 415 g/mol. The maximum absolute atomic E-state index is 12.0. The molecule has 1 atom stereocenters. The Morgan fingerprint density at radius 2 is 1.90 bits per heavy atom. The molecule has 0 bridgehead atoms. The van der Waals surface area contributed by atoms with Gasteiger partial charge in [0.1, 0.15) is 12.6 Å². The minimum atomic E-state index is -0.714. The summed E-state index contributed by atoms with van der Waals surface area (Å²) in [7, 11) is 3.16. The molecule has 0 saturated heterocycles. The molecule has 0 radical (unpaired) electrons. The van der Waals surface area contributed by atoms with E-state index in [1.54, 1.807) is 7.05 Å². The molecule has 6 nitrogen and oxygen atoms in total. The number of hydrogen-bond acceptors (Lipinski definition) is 5. The minimum absolute atomic E-state index is 0.0733. The lowest BCUT2D eigenvalue weighted by Gasteiger charge is -2.25. The van der Waals surface area contributed by atoms with Crippen LogP contribution in [0.25, 0.3) is 0 Å². The zero-order valence-electron chi connectivity index (χ0n) is 16.9. The van der Waals surface area contributed by atoms with Crippen molar-refractivity contribution in [2.24, 2.45) is 10.9 Å². The van der Waals surface area contributed by atoms with Gasteiger partial charge in [0, 0.05) is 17.5 Å². The fourth-order valence-electron chi connectivity index (χ4n) is 3.61. The molecule has 3 rings (SSSR count). The van der Waals surface area contributed by atoms with Gasteiger partial charge in [-0.25, -0.2) is 0 Å². The molecule has 2 N–H and O–H groups in total. The molecule has 154 valence electrons. The van der Waals surface area contributed by atoms with Crippen LogP contribution in [0, 0.1) is 0 Å². The second-order valence-electron chi connectivity index (χ2n) is 7.27. The van der Waals surface area contributed by atoms with Crippen LogP contribution in [0.2, 0.25) is 5.02 Å². The van der Waals surface area contributed by atoms with Crippen LogP contribution < -0.4 is 5.73 Å². The van der Waals surface area contributed by atoms with Gasteiger partial charge in [0.2, 0.25) is 5.91 Å². The summed E-state index contributed by atoms with van der Waals surface area (Å²) in [6, 6.07) is 14.7. The number of carbonyl (C=O) groups excluding carboxylic acids is 1. The van der Waals surface area contributed by atoms with Crippen LogP contribution in [0.3, 0.4) is 0 Å². The number of carbonyl (C=O) groups is 1. The van der Waals surface area contributed by atoms with E-state index >= 15 is 0 Å². The molecule has 1 fully saturated rings. The van der Waals surface area contributed by atoms with E-state index < -0.39 is 11.9 Å². The van der Waals surface area contributed by atoms with Crippen LogP contribution in [0.1, 0.15) is 42.5 Å². The van der Waals surface area contributed by atoms with Crippen LogP contribution in [0.4, 0.5) is 0 Å². The van der Waals surface area contributed by atoms with Gasteiger partial charge < -0.3 is 15.4 Å². The highest BCUT2D eigenvalue weighted by Crippen LogP contribution is 2.49. The number of benzene rings is 2. The highest BCUT2D eigenvalue weighted by molar-refractivity contribution is 6.30. The third kappa shape index (κ3) is 4.61. The molecule has 29 heavy (non-hydrogen) atoms. The molecule has 1 aliphatic carbocycles. The number of amides is 1. The molecule has 2 aromatic carbocycles. The normalized spacial score (nSPS) is 16.5. The molecule has 0 spiro atoms. The van der Waals surface area contributed by atoms with Crippen molar-refractivity contribution in [3.63, 3.8) is 0 Å². The van der Waals surface area contributed by atoms with Gasteiger partial charge in [0.15, 0.2) is 0 Å². The Bertz CT molecular complexity index is 894. The number of rotatable bonds is 9. The van der Waals surface area contributed by atoms with E-state index in [0.29, 0.717) is 0 Å². The standard InChI is InChI=1S/C22H26ClN3O3/c1-15(22(12-13-22)17-8-10-18(23)11-9-17)25-29-14-16-6-4-5-7-19(16)20(21(24)27)26(2)28-3/h4-11,20H,12-14H2,1-3H3,(H2,24,27)/b25-15+. The van der Waals surface area contributed by atoms with Gasteiger partial charge in [0.25, 0.3) is 0 Å². The first-order valence-electron chi connectivity index (χ1n) is 9.46. The lowest BCUT2D eigenvalue weighted by Crippen LogP contribution is -2.35. The van der Waals surface area contributed by atoms with Crippen molar-refractivity contribution in [3.05, 3.63) is 70.2 Å². The number of likely N-dealkylation sites (N-methyl/N-ethyl adjacent to an activating group) is 1. The number of nitrogens with zero attached hydrogens (tertiary/aromatic N) is 2. The number of nitrogens with two attached hydrogens (primary N) is 1. The van der Waals surface area contributed by atoms with Crippen molar-refractivity contribution in [2.75, 3.05) is 14.2 Å². The van der Waals surface area contributed by atoms with Crippen molar-refractivity contribution in [3.8, 4) is 0 Å². The van der Waals surface area contributed by atoms with Crippen LogP contribution >= 0.6 is 11.6 Å². The maximum Gasteiger partial charge on any atom is 0.241 e. The molecule has 0 aliphatic heterocycles. The predicted molar refractivity (Wildman–Crippen MR) is 113 cm³/mol. The Morgan fingerprint density at radius 3 is 2.48 bits per heavy atom. The van der Waals surface area contributed by atoms with Crippen LogP contribution in [0.5, 0.6) is 0 Å². The van der Waals surface area contributed by atoms with Gasteiger partial charge >= 0.3 is 0 Å². The summed E-state index contributed by atoms with van der Waals surface area (Å²) >= 11 is 6.01. The number of halogens is 1. The minimum Gasteiger partial charge on any atom is -0.391 e. The third-order valence-corrected chi connectivity index (χ3v) is 5.78. The second-order valence-corrected chi connectivity index (χ2v) is 7.71. The molecule has 1 saturated carbocycles. The molecular formula is C22H26ClN3O3. The second kappa shape index (κ2) is 8.95. The molecule has 2 aromatic rings. The Balaban J connectivity index is 1.75. The van der Waals surface area contributed by atoms with Gasteiger partial charge in [-0.2, -0.15) is 5.06 Å². The van der Waals surface area contributed by atoms with Gasteiger partial charge in [-0.15, -0.1) is 0 Å². The number of primary amides is 1. The third-order valence-electron chi connectivity index (χ3n) is 5.53. The number of oxime groups is 1. The highest BCUT2D eigenvalue weighted by atomic mass is 35.5. The number of hydrogen-bond donors (Lipinski definition) is 1. The molecule has 1 aliphatic rings. The van der Waals surface area contributed by atoms with Crippen molar-refractivity contribution in [1.29, 1.82) is 0 Å². The van der Waals surface area contributed by atoms with E-state index in [1.807, 2.05) is 55.5 Å². The lowest BCUT2D eigenvalue weighted by atomic mass is 9.92. The average Bonchev–Trinajstić information content (AvgIpc) is 3.51. The molecule has 1 unspecified atom stereocenters. The quantitative estimate of drug-likeness (QED) is 0.496. The first-order valence-corrected chi connectivity index (χ1v) is 9.84. The maximum atomic E-state index is 12.0. The lowest BCUT2D eigenvalue weighted by molar-refractivity contribution is -0.160. The summed E-state index contributed by atoms with van der Waals surface area (Å²) in [6.07, 6.45) is 2.07. The average molecular weight is 416 g/mol. The van der Waals surface area contributed by atoms with Crippen molar-refractivity contribution in [1.82, 2.24) is 5.06 Å². The zero-order chi connectivity index (χ0) is 21.0. The Kier molecular flexibility index (Phi) is 6.57. The van der Waals surface area contributed by atoms with E-state index in [2.05, 4.69) is 5.16 Å². The molecular weight excluding hydrogens is 390 g/mol. The first kappa shape index (κ1) is 21.3. The fraction of sp³-hybridized carbons (Fsp3) is 0.364. The van der Waals surface area contributed by atoms with Gasteiger partial charge in [0.05, 0.1) is 12.8 Å². The van der Waals surface area contributed by atoms with Gasteiger partial charge in [-0.05, 0) is 48.6 Å². The summed E-state index contributed by atoms with van der Waals surface area (Å²) in [4.78, 5) is 22.9. The SMILES string of the molecule is CON(C)C(C(N)=O)c1ccccc1CO/N=C(\C)C1(c2ccc(Cl)cc2)CC1. The predicted octanol–water partition coefficient (Wildman–Crippen LogP) is 3.98. The van der Waals surface area contributed by atoms with E-state index in [4.69, 9.17) is 27.0 Å². The van der Waals surface area contributed by atoms with Crippen molar-refractivity contribution < 1.29 is 14.5 Å². The summed E-state index contributed by atoms with van der Waals surface area (Å²) < 4.78 is 0. The van der Waals surface area contributed by atoms with E-state index in [-0.39, 0.29) is 12.0 Å². The van der Waals surface area contributed by atoms with Gasteiger partial charge in [-0.3, -0.25) is 4.79 Å². The van der Waals surface area contributed by atoms with Crippen molar-refractivity contribution in [2.45, 2.75) is 37.8 Å².